The number of thioether (sulfide) groups is 1. The number of hydrogen-bond acceptors (Lipinski definition) is 7. The molecule has 0 aliphatic carbocycles. The number of aryl methyl sites for hydroxylation is 1. The van der Waals surface area contributed by atoms with Gasteiger partial charge in [0.1, 0.15) is 11.4 Å². The van der Waals surface area contributed by atoms with Crippen LogP contribution in [0.4, 0.5) is 0 Å². The van der Waals surface area contributed by atoms with Crippen molar-refractivity contribution in [3.8, 4) is 11.4 Å². The molecule has 0 unspecified atom stereocenters. The van der Waals surface area contributed by atoms with Gasteiger partial charge in [-0.25, -0.2) is 0 Å². The molecule has 24 heavy (non-hydrogen) atoms. The van der Waals surface area contributed by atoms with E-state index in [0.29, 0.717) is 24.1 Å². The highest BCUT2D eigenvalue weighted by molar-refractivity contribution is 7.99. The second kappa shape index (κ2) is 7.63. The van der Waals surface area contributed by atoms with Gasteiger partial charge in [0.15, 0.2) is 0 Å². The average Bonchev–Trinajstić information content (AvgIpc) is 3.17. The van der Waals surface area contributed by atoms with Crippen molar-refractivity contribution < 1.29 is 4.74 Å². The topological polar surface area (TPSA) is 74.8 Å². The van der Waals surface area contributed by atoms with Crippen LogP contribution in [0.15, 0.2) is 39.6 Å². The minimum Gasteiger partial charge on any atom is -0.492 e. The van der Waals surface area contributed by atoms with Crippen LogP contribution >= 0.6 is 23.1 Å². The number of para-hydroxylation sites is 2. The molecular weight excluding hydrogens is 346 g/mol. The van der Waals surface area contributed by atoms with Crippen LogP contribution in [0.1, 0.15) is 12.6 Å². The SMILES string of the molecule is CCOc1ccccc1-n1nnnc1SCCn1c(C)csc1=O. The van der Waals surface area contributed by atoms with Crippen molar-refractivity contribution in [2.75, 3.05) is 12.4 Å². The van der Waals surface area contributed by atoms with Crippen molar-refractivity contribution in [1.82, 2.24) is 24.8 Å². The molecule has 0 spiro atoms. The van der Waals surface area contributed by atoms with Gasteiger partial charge in [0.25, 0.3) is 0 Å². The molecule has 0 radical (unpaired) electrons. The van der Waals surface area contributed by atoms with Crippen LogP contribution in [0.3, 0.4) is 0 Å². The standard InChI is InChI=1S/C15H17N5O2S2/c1-3-22-13-7-5-4-6-12(13)20-14(16-17-18-20)23-9-8-19-11(2)10-24-15(19)21/h4-7,10H,3,8-9H2,1-2H3. The smallest absolute Gasteiger partial charge is 0.307 e. The number of benzene rings is 1. The lowest BCUT2D eigenvalue weighted by atomic mass is 10.3. The summed E-state index contributed by atoms with van der Waals surface area (Å²) in [6.07, 6.45) is 0. The van der Waals surface area contributed by atoms with Crippen molar-refractivity contribution in [2.45, 2.75) is 25.5 Å². The molecule has 9 heteroatoms. The van der Waals surface area contributed by atoms with Crippen molar-refractivity contribution in [1.29, 1.82) is 0 Å². The Morgan fingerprint density at radius 2 is 2.17 bits per heavy atom. The van der Waals surface area contributed by atoms with Crippen LogP contribution in [-0.4, -0.2) is 37.1 Å². The third kappa shape index (κ3) is 3.51. The molecule has 0 saturated heterocycles. The molecule has 126 valence electrons. The lowest BCUT2D eigenvalue weighted by molar-refractivity contribution is 0.337. The van der Waals surface area contributed by atoms with E-state index in [9.17, 15) is 4.79 Å². The maximum Gasteiger partial charge on any atom is 0.307 e. The summed E-state index contributed by atoms with van der Waals surface area (Å²) in [4.78, 5) is 11.8. The predicted molar refractivity (Wildman–Crippen MR) is 94.4 cm³/mol. The van der Waals surface area contributed by atoms with Gasteiger partial charge >= 0.3 is 4.87 Å². The molecule has 0 saturated carbocycles. The van der Waals surface area contributed by atoms with Gasteiger partial charge in [-0.3, -0.25) is 4.79 Å². The first-order valence-electron chi connectivity index (χ1n) is 7.49. The molecule has 7 nitrogen and oxygen atoms in total. The second-order valence-corrected chi connectivity index (χ2v) is 6.80. The zero-order valence-corrected chi connectivity index (χ0v) is 15.0. The predicted octanol–water partition coefficient (Wildman–Crippen LogP) is 2.38. The van der Waals surface area contributed by atoms with Gasteiger partial charge in [-0.2, -0.15) is 4.68 Å². The molecule has 3 aromatic rings. The van der Waals surface area contributed by atoms with Crippen LogP contribution in [0.5, 0.6) is 5.75 Å². The first kappa shape index (κ1) is 16.7. The Morgan fingerprint density at radius 3 is 2.92 bits per heavy atom. The summed E-state index contributed by atoms with van der Waals surface area (Å²) in [6.45, 7) is 5.07. The van der Waals surface area contributed by atoms with Crippen LogP contribution in [-0.2, 0) is 6.54 Å². The van der Waals surface area contributed by atoms with Crippen LogP contribution in [0, 0.1) is 6.92 Å². The van der Waals surface area contributed by atoms with Crippen molar-refractivity contribution in [2.24, 2.45) is 0 Å². The monoisotopic (exact) mass is 363 g/mol. The molecule has 0 bridgehead atoms. The Balaban J connectivity index is 1.75. The highest BCUT2D eigenvalue weighted by atomic mass is 32.2. The summed E-state index contributed by atoms with van der Waals surface area (Å²) in [5.41, 5.74) is 1.78. The number of hydrogen-bond donors (Lipinski definition) is 0. The minimum atomic E-state index is 0.0642. The number of ether oxygens (including phenoxy) is 1. The number of aromatic nitrogens is 5. The van der Waals surface area contributed by atoms with Crippen LogP contribution < -0.4 is 9.61 Å². The summed E-state index contributed by atoms with van der Waals surface area (Å²) in [5, 5.41) is 14.5. The summed E-state index contributed by atoms with van der Waals surface area (Å²) in [7, 11) is 0. The van der Waals surface area contributed by atoms with E-state index in [1.165, 1.54) is 23.1 Å². The highest BCUT2D eigenvalue weighted by Gasteiger charge is 2.13. The molecule has 0 N–H and O–H groups in total. The molecule has 0 aliphatic rings. The van der Waals surface area contributed by atoms with E-state index in [0.717, 1.165) is 17.1 Å². The fourth-order valence-electron chi connectivity index (χ4n) is 2.23. The fraction of sp³-hybridized carbons (Fsp3) is 0.333. The van der Waals surface area contributed by atoms with Gasteiger partial charge < -0.3 is 9.30 Å². The summed E-state index contributed by atoms with van der Waals surface area (Å²) >= 11 is 2.73. The van der Waals surface area contributed by atoms with Gasteiger partial charge in [0.2, 0.25) is 5.16 Å². The quantitative estimate of drug-likeness (QED) is 0.600. The molecular formula is C15H17N5O2S2. The first-order valence-corrected chi connectivity index (χ1v) is 9.35. The average molecular weight is 363 g/mol. The van der Waals surface area contributed by atoms with E-state index < -0.39 is 0 Å². The normalized spacial score (nSPS) is 10.9. The minimum absolute atomic E-state index is 0.0642. The maximum absolute atomic E-state index is 11.7. The summed E-state index contributed by atoms with van der Waals surface area (Å²) < 4.78 is 9.07. The van der Waals surface area contributed by atoms with Gasteiger partial charge in [-0.15, -0.1) is 5.10 Å². The summed E-state index contributed by atoms with van der Waals surface area (Å²) in [5.74, 6) is 1.44. The van der Waals surface area contributed by atoms with Crippen LogP contribution in [0.2, 0.25) is 0 Å². The fourth-order valence-corrected chi connectivity index (χ4v) is 3.80. The molecule has 0 atom stereocenters. The third-order valence-corrected chi connectivity index (χ3v) is 5.14. The second-order valence-electron chi connectivity index (χ2n) is 4.92. The van der Waals surface area contributed by atoms with E-state index in [-0.39, 0.29) is 4.87 Å². The van der Waals surface area contributed by atoms with Gasteiger partial charge in [0.05, 0.1) is 6.61 Å². The first-order chi connectivity index (χ1) is 11.7. The van der Waals surface area contributed by atoms with E-state index in [4.69, 9.17) is 4.74 Å². The number of nitrogens with zero attached hydrogens (tertiary/aromatic N) is 5. The maximum atomic E-state index is 11.7. The largest absolute Gasteiger partial charge is 0.492 e. The van der Waals surface area contributed by atoms with E-state index >= 15 is 0 Å². The number of thiazole rings is 1. The molecule has 2 aromatic heterocycles. The van der Waals surface area contributed by atoms with Gasteiger partial charge in [-0.1, -0.05) is 35.2 Å². The molecule has 0 amide bonds. The van der Waals surface area contributed by atoms with Crippen molar-refractivity contribution in [3.05, 3.63) is 45.0 Å². The molecule has 3 rings (SSSR count). The Kier molecular flexibility index (Phi) is 5.31. The lowest BCUT2D eigenvalue weighted by Crippen LogP contribution is -2.16. The lowest BCUT2D eigenvalue weighted by Gasteiger charge is -2.10. The number of rotatable bonds is 7. The Labute approximate surface area is 147 Å². The molecule has 2 heterocycles. The zero-order valence-electron chi connectivity index (χ0n) is 13.4. The van der Waals surface area contributed by atoms with E-state index in [2.05, 4.69) is 15.5 Å². The molecule has 1 aromatic carbocycles. The molecule has 0 aliphatic heterocycles. The Morgan fingerprint density at radius 1 is 1.33 bits per heavy atom. The molecule has 0 fully saturated rings. The Bertz CT molecular complexity index is 871. The summed E-state index contributed by atoms with van der Waals surface area (Å²) in [6, 6.07) is 7.64. The third-order valence-electron chi connectivity index (χ3n) is 3.36. The van der Waals surface area contributed by atoms with E-state index in [1.807, 2.05) is 43.5 Å². The van der Waals surface area contributed by atoms with Gasteiger partial charge in [0, 0.05) is 23.4 Å². The zero-order chi connectivity index (χ0) is 16.9. The van der Waals surface area contributed by atoms with Gasteiger partial charge in [-0.05, 0) is 36.4 Å². The number of tetrazole rings is 1. The highest BCUT2D eigenvalue weighted by Crippen LogP contribution is 2.25. The van der Waals surface area contributed by atoms with E-state index in [1.54, 1.807) is 9.25 Å². The Hall–Kier alpha value is -2.13. The van der Waals surface area contributed by atoms with Crippen LogP contribution in [0.25, 0.3) is 5.69 Å². The van der Waals surface area contributed by atoms with Crippen molar-refractivity contribution >= 4 is 23.1 Å². The van der Waals surface area contributed by atoms with Crippen molar-refractivity contribution in [3.63, 3.8) is 0 Å².